The lowest BCUT2D eigenvalue weighted by Gasteiger charge is -2.37. The molecule has 1 aromatic heterocycles. The average Bonchev–Trinajstić information content (AvgIpc) is 3.40. The van der Waals surface area contributed by atoms with Crippen molar-refractivity contribution in [2.45, 2.75) is 18.9 Å². The van der Waals surface area contributed by atoms with Gasteiger partial charge in [-0.3, -0.25) is 4.79 Å². The maximum atomic E-state index is 14.0. The molecule has 34 heavy (non-hydrogen) atoms. The lowest BCUT2D eigenvalue weighted by molar-refractivity contribution is 0.0696. The lowest BCUT2D eigenvalue weighted by atomic mass is 9.90. The number of hydrogen-bond donors (Lipinski definition) is 0. The van der Waals surface area contributed by atoms with Gasteiger partial charge in [-0.15, -0.1) is 17.9 Å². The van der Waals surface area contributed by atoms with Crippen molar-refractivity contribution in [2.75, 3.05) is 35.0 Å². The number of carbonyl (C=O) groups excluding carboxylic acids is 1. The van der Waals surface area contributed by atoms with Gasteiger partial charge in [-0.2, -0.15) is 0 Å². The largest absolute Gasteiger partial charge is 0.493 e. The number of thiophene rings is 1. The Morgan fingerprint density at radius 2 is 1.79 bits per heavy atom. The van der Waals surface area contributed by atoms with E-state index >= 15 is 0 Å². The first-order chi connectivity index (χ1) is 16.6. The van der Waals surface area contributed by atoms with Gasteiger partial charge in [-0.05, 0) is 59.7 Å². The van der Waals surface area contributed by atoms with Gasteiger partial charge >= 0.3 is 0 Å². The van der Waals surface area contributed by atoms with E-state index in [1.807, 2.05) is 34.5 Å². The summed E-state index contributed by atoms with van der Waals surface area (Å²) in [4.78, 5) is 17.0. The molecule has 0 aliphatic carbocycles. The van der Waals surface area contributed by atoms with Gasteiger partial charge in [0.1, 0.15) is 0 Å². The van der Waals surface area contributed by atoms with E-state index in [1.54, 1.807) is 51.9 Å². The first-order valence-electron chi connectivity index (χ1n) is 11.0. The summed E-state index contributed by atoms with van der Waals surface area (Å²) in [6, 6.07) is 11.5. The van der Waals surface area contributed by atoms with Crippen molar-refractivity contribution < 1.29 is 23.7 Å². The van der Waals surface area contributed by atoms with Crippen LogP contribution in [-0.2, 0) is 12.8 Å². The van der Waals surface area contributed by atoms with E-state index < -0.39 is 0 Å². The van der Waals surface area contributed by atoms with E-state index in [2.05, 4.69) is 12.6 Å². The number of carbonyl (C=O) groups is 1. The topological polar surface area (TPSA) is 57.2 Å². The molecule has 4 rings (SSSR count). The minimum absolute atomic E-state index is 0.0647. The maximum Gasteiger partial charge on any atom is 0.254 e. The first-order valence-corrected chi connectivity index (χ1v) is 11.9. The van der Waals surface area contributed by atoms with Crippen LogP contribution in [0.1, 0.15) is 38.0 Å². The Morgan fingerprint density at radius 1 is 1.06 bits per heavy atom. The second kappa shape index (κ2) is 10.2. The Morgan fingerprint density at radius 3 is 2.41 bits per heavy atom. The normalized spacial score (nSPS) is 14.8. The molecule has 1 atom stereocenters. The molecule has 178 valence electrons. The number of methoxy groups -OCH3 is 4. The van der Waals surface area contributed by atoms with Crippen LogP contribution >= 0.6 is 11.3 Å². The summed E-state index contributed by atoms with van der Waals surface area (Å²) in [7, 11) is 6.44. The van der Waals surface area contributed by atoms with E-state index in [0.717, 1.165) is 28.0 Å². The predicted octanol–water partition coefficient (Wildman–Crippen LogP) is 5.30. The highest BCUT2D eigenvalue weighted by atomic mass is 32.1. The van der Waals surface area contributed by atoms with Crippen molar-refractivity contribution in [3.05, 3.63) is 81.6 Å². The maximum absolute atomic E-state index is 14.0. The van der Waals surface area contributed by atoms with Crippen LogP contribution < -0.4 is 18.9 Å². The molecule has 2 heterocycles. The van der Waals surface area contributed by atoms with E-state index in [9.17, 15) is 4.79 Å². The third kappa shape index (κ3) is 4.23. The number of benzene rings is 2. The molecule has 0 saturated carbocycles. The lowest BCUT2D eigenvalue weighted by Crippen LogP contribution is -2.40. The summed E-state index contributed by atoms with van der Waals surface area (Å²) in [5.74, 6) is 2.43. The number of fused-ring (bicyclic) bond motifs is 1. The molecular weight excluding hydrogens is 450 g/mol. The van der Waals surface area contributed by atoms with Gasteiger partial charge in [0.05, 0.1) is 34.5 Å². The van der Waals surface area contributed by atoms with E-state index in [-0.39, 0.29) is 11.9 Å². The minimum Gasteiger partial charge on any atom is -0.493 e. The van der Waals surface area contributed by atoms with Gasteiger partial charge in [0.2, 0.25) is 0 Å². The number of rotatable bonds is 8. The first kappa shape index (κ1) is 23.7. The Labute approximate surface area is 204 Å². The van der Waals surface area contributed by atoms with Crippen LogP contribution in [-0.4, -0.2) is 45.8 Å². The Kier molecular flexibility index (Phi) is 7.12. The van der Waals surface area contributed by atoms with Crippen molar-refractivity contribution in [1.29, 1.82) is 0 Å². The second-order valence-electron chi connectivity index (χ2n) is 7.94. The summed E-state index contributed by atoms with van der Waals surface area (Å²) >= 11 is 1.63. The van der Waals surface area contributed by atoms with Crippen molar-refractivity contribution in [3.8, 4) is 23.0 Å². The highest BCUT2D eigenvalue weighted by Gasteiger charge is 2.35. The molecule has 3 aromatic rings. The van der Waals surface area contributed by atoms with Gasteiger partial charge < -0.3 is 23.8 Å². The third-order valence-electron chi connectivity index (χ3n) is 6.11. The van der Waals surface area contributed by atoms with Crippen LogP contribution in [0.5, 0.6) is 23.0 Å². The second-order valence-corrected chi connectivity index (χ2v) is 8.92. The van der Waals surface area contributed by atoms with Crippen LogP contribution in [0.3, 0.4) is 0 Å². The van der Waals surface area contributed by atoms with Crippen molar-refractivity contribution >= 4 is 17.2 Å². The van der Waals surface area contributed by atoms with Gasteiger partial charge in [0.15, 0.2) is 23.0 Å². The number of allylic oxidation sites excluding steroid dienone is 1. The molecule has 0 spiro atoms. The molecule has 0 saturated heterocycles. The molecule has 0 fully saturated rings. The fraction of sp³-hybridized carbons (Fsp3) is 0.296. The van der Waals surface area contributed by atoms with Crippen LogP contribution in [0, 0.1) is 0 Å². The Balaban J connectivity index is 1.82. The van der Waals surface area contributed by atoms with E-state index in [0.29, 0.717) is 41.5 Å². The van der Waals surface area contributed by atoms with Crippen LogP contribution in [0.25, 0.3) is 0 Å². The van der Waals surface area contributed by atoms with Crippen LogP contribution in [0.2, 0.25) is 0 Å². The van der Waals surface area contributed by atoms with Gasteiger partial charge in [-0.25, -0.2) is 0 Å². The molecule has 2 aromatic carbocycles. The highest BCUT2D eigenvalue weighted by Crippen LogP contribution is 2.43. The quantitative estimate of drug-likeness (QED) is 0.411. The standard InChI is InChI=1S/C27H29NO5S/c1-6-8-18-13-19(15-23(32-4)26(18)33-5)27(29)28-11-10-17-14-21(30-2)22(31-3)16-20(17)25(28)24-9-7-12-34-24/h6-7,9,12-16,25H,1,8,10-11H2,2-5H3. The molecule has 0 N–H and O–H groups in total. The SMILES string of the molecule is C=CCc1cc(C(=O)N2CCc3cc(OC)c(OC)cc3C2c2cccs2)cc(OC)c1OC. The molecular formula is C27H29NO5S. The molecule has 6 nitrogen and oxygen atoms in total. The number of ether oxygens (including phenoxy) is 4. The minimum atomic E-state index is -0.230. The van der Waals surface area contributed by atoms with E-state index in [4.69, 9.17) is 18.9 Å². The Bertz CT molecular complexity index is 1190. The van der Waals surface area contributed by atoms with Crippen molar-refractivity contribution in [2.24, 2.45) is 0 Å². The van der Waals surface area contributed by atoms with E-state index in [1.165, 1.54) is 0 Å². The molecule has 1 unspecified atom stereocenters. The molecule has 1 aliphatic heterocycles. The van der Waals surface area contributed by atoms with Gasteiger partial charge in [0.25, 0.3) is 5.91 Å². The summed E-state index contributed by atoms with van der Waals surface area (Å²) in [5.41, 5.74) is 3.61. The molecule has 0 bridgehead atoms. The zero-order chi connectivity index (χ0) is 24.2. The number of nitrogens with zero attached hydrogens (tertiary/aromatic N) is 1. The van der Waals surface area contributed by atoms with Crippen LogP contribution in [0.4, 0.5) is 0 Å². The summed E-state index contributed by atoms with van der Waals surface area (Å²) < 4.78 is 22.2. The monoisotopic (exact) mass is 479 g/mol. The zero-order valence-electron chi connectivity index (χ0n) is 19.9. The molecule has 0 radical (unpaired) electrons. The summed E-state index contributed by atoms with van der Waals surface area (Å²) in [5, 5.41) is 2.03. The zero-order valence-corrected chi connectivity index (χ0v) is 20.7. The van der Waals surface area contributed by atoms with Gasteiger partial charge in [0, 0.05) is 22.5 Å². The molecule has 1 amide bonds. The summed E-state index contributed by atoms with van der Waals surface area (Å²) in [6.45, 7) is 4.42. The number of amides is 1. The summed E-state index contributed by atoms with van der Waals surface area (Å²) in [6.07, 6.45) is 3.07. The van der Waals surface area contributed by atoms with Gasteiger partial charge in [-0.1, -0.05) is 12.1 Å². The van der Waals surface area contributed by atoms with Crippen molar-refractivity contribution in [3.63, 3.8) is 0 Å². The number of hydrogen-bond acceptors (Lipinski definition) is 6. The Hall–Kier alpha value is -3.45. The fourth-order valence-electron chi connectivity index (χ4n) is 4.56. The fourth-order valence-corrected chi connectivity index (χ4v) is 5.41. The molecule has 7 heteroatoms. The molecule has 1 aliphatic rings. The smallest absolute Gasteiger partial charge is 0.254 e. The third-order valence-corrected chi connectivity index (χ3v) is 7.04. The highest BCUT2D eigenvalue weighted by molar-refractivity contribution is 7.10. The average molecular weight is 480 g/mol. The van der Waals surface area contributed by atoms with Crippen LogP contribution in [0.15, 0.2) is 54.4 Å². The van der Waals surface area contributed by atoms with Crippen molar-refractivity contribution in [1.82, 2.24) is 4.90 Å². The predicted molar refractivity (Wildman–Crippen MR) is 134 cm³/mol.